The lowest BCUT2D eigenvalue weighted by molar-refractivity contribution is 1.14. The first-order chi connectivity index (χ1) is 50.5. The van der Waals surface area contributed by atoms with Gasteiger partial charge in [-0.2, -0.15) is 0 Å². The van der Waals surface area contributed by atoms with Crippen LogP contribution in [-0.4, -0.2) is 0 Å². The fourth-order valence-corrected chi connectivity index (χ4v) is 18.8. The minimum absolute atomic E-state index is 1.44. The molecule has 590 valence electrons. The molecule has 0 nitrogen and oxygen atoms in total. The molecule has 0 radical (unpaired) electrons. The van der Waals surface area contributed by atoms with Gasteiger partial charge in [-0.25, -0.2) is 0 Å². The van der Waals surface area contributed by atoms with Gasteiger partial charge in [-0.05, 0) is 680 Å². The van der Waals surface area contributed by atoms with Gasteiger partial charge in [0, 0.05) is 0 Å². The van der Waals surface area contributed by atoms with Crippen LogP contribution in [-0.2, 0) is 0 Å². The van der Waals surface area contributed by atoms with E-state index in [-0.39, 0.29) is 0 Å². The molecule has 0 aromatic heterocycles. The van der Waals surface area contributed by atoms with Crippen LogP contribution in [0.5, 0.6) is 0 Å². The predicted octanol–water partition coefficient (Wildman–Crippen LogP) is 32.2. The van der Waals surface area contributed by atoms with Gasteiger partial charge in [0.1, 0.15) is 0 Å². The Labute approximate surface area is 675 Å². The molecule has 110 heavy (non-hydrogen) atoms. The van der Waals surface area contributed by atoms with Crippen LogP contribution in [0.4, 0.5) is 0 Å². The maximum atomic E-state index is 2.29. The van der Waals surface area contributed by atoms with E-state index in [0.717, 1.165) is 0 Å². The van der Waals surface area contributed by atoms with Crippen LogP contribution in [0.3, 0.4) is 0 Å². The first-order valence-corrected chi connectivity index (χ1v) is 41.2. The lowest BCUT2D eigenvalue weighted by Crippen LogP contribution is -2.05. The normalized spacial score (nSPS) is 11.2. The summed E-state index contributed by atoms with van der Waals surface area (Å²) < 4.78 is 0. The molecule has 0 aliphatic carbocycles. The Morgan fingerprint density at radius 3 is 0.109 bits per heavy atom. The van der Waals surface area contributed by atoms with Gasteiger partial charge < -0.3 is 0 Å². The summed E-state index contributed by atoms with van der Waals surface area (Å²) in [7, 11) is 0. The molecule has 0 saturated heterocycles. The zero-order valence-electron chi connectivity index (χ0n) is 80.0. The van der Waals surface area contributed by atoms with Crippen molar-refractivity contribution >= 4 is 0 Å². The zero-order chi connectivity index (χ0) is 84.6. The number of rotatable bonds is 5. The third-order valence-electron chi connectivity index (χ3n) is 31.2. The van der Waals surface area contributed by atoms with E-state index in [0.29, 0.717) is 0 Å². The van der Waals surface area contributed by atoms with Crippen molar-refractivity contribution in [3.05, 3.63) is 278 Å². The fourth-order valence-electron chi connectivity index (χ4n) is 18.8. The molecule has 0 bridgehead atoms. The second-order valence-corrected chi connectivity index (χ2v) is 35.0. The fraction of sp³-hybridized carbons (Fsp3) is 0.455. The lowest BCUT2D eigenvalue weighted by atomic mass is 9.80. The summed E-state index contributed by atoms with van der Waals surface area (Å²) in [6, 6.07) is 0. The van der Waals surface area contributed by atoms with Crippen molar-refractivity contribution in [2.75, 3.05) is 0 Å². The molecule has 10 aromatic carbocycles. The van der Waals surface area contributed by atoms with Gasteiger partial charge in [0.05, 0.1) is 0 Å². The van der Waals surface area contributed by atoms with Crippen molar-refractivity contribution in [3.8, 4) is 55.6 Å². The van der Waals surface area contributed by atoms with Gasteiger partial charge >= 0.3 is 0 Å². The average molecular weight is 1470 g/mol. The van der Waals surface area contributed by atoms with E-state index >= 15 is 0 Å². The quantitative estimate of drug-likeness (QED) is 0.161. The first-order valence-electron chi connectivity index (χ1n) is 41.2. The van der Waals surface area contributed by atoms with E-state index in [1.807, 2.05) is 0 Å². The molecule has 0 aliphatic rings. The van der Waals surface area contributed by atoms with E-state index in [4.69, 9.17) is 0 Å². The van der Waals surface area contributed by atoms with Gasteiger partial charge in [0.2, 0.25) is 0 Å². The van der Waals surface area contributed by atoms with Crippen molar-refractivity contribution in [2.24, 2.45) is 0 Å². The Morgan fingerprint density at radius 1 is 0.0455 bits per heavy atom. The van der Waals surface area contributed by atoms with E-state index in [9.17, 15) is 0 Å². The van der Waals surface area contributed by atoms with Crippen LogP contribution in [0.1, 0.15) is 278 Å². The first kappa shape index (κ1) is 91.1. The molecule has 0 unspecified atom stereocenters. The van der Waals surface area contributed by atoms with Crippen LogP contribution in [0, 0.1) is 346 Å². The second kappa shape index (κ2) is 34.3. The molecule has 0 N–H and O–H groups in total. The van der Waals surface area contributed by atoms with E-state index < -0.39 is 0 Å². The van der Waals surface area contributed by atoms with Gasteiger partial charge in [-0.1, -0.05) is 0 Å². The molecule has 10 rings (SSSR count). The Morgan fingerprint density at radius 2 is 0.0727 bits per heavy atom. The molecule has 0 heterocycles. The summed E-state index contributed by atoms with van der Waals surface area (Å²) in [4.78, 5) is 0. The van der Waals surface area contributed by atoms with Crippen molar-refractivity contribution in [2.45, 2.75) is 346 Å². The Balaban J connectivity index is 0.000000215. The van der Waals surface area contributed by atoms with E-state index in [2.05, 4.69) is 346 Å². The summed E-state index contributed by atoms with van der Waals surface area (Å²) in [6.45, 7) is 113. The zero-order valence-corrected chi connectivity index (χ0v) is 80.0. The van der Waals surface area contributed by atoms with Crippen molar-refractivity contribution in [3.63, 3.8) is 0 Å². The van der Waals surface area contributed by atoms with Crippen LogP contribution in [0.2, 0.25) is 0 Å². The summed E-state index contributed by atoms with van der Waals surface area (Å²) >= 11 is 0. The minimum Gasteiger partial charge on any atom is -0.0447 e. The smallest absolute Gasteiger partial charge is 0.0114 e. The van der Waals surface area contributed by atoms with Gasteiger partial charge in [0.15, 0.2) is 0 Å². The van der Waals surface area contributed by atoms with Gasteiger partial charge in [-0.3, -0.25) is 0 Å². The molecule has 0 fully saturated rings. The summed E-state index contributed by atoms with van der Waals surface area (Å²) in [6.07, 6.45) is 0. The molecule has 0 aliphatic heterocycles. The van der Waals surface area contributed by atoms with Crippen LogP contribution in [0.15, 0.2) is 0 Å². The second-order valence-electron chi connectivity index (χ2n) is 35.0. The molecule has 0 atom stereocenters. The van der Waals surface area contributed by atoms with Crippen LogP contribution < -0.4 is 0 Å². The highest BCUT2D eigenvalue weighted by molar-refractivity contribution is 5.87. The third-order valence-corrected chi connectivity index (χ3v) is 31.2. The summed E-state index contributed by atoms with van der Waals surface area (Å²) in [5.41, 5.74) is 86.5. The Hall–Kier alpha value is -7.80. The Bertz CT molecular complexity index is 4020. The summed E-state index contributed by atoms with van der Waals surface area (Å²) in [5, 5.41) is 0. The van der Waals surface area contributed by atoms with E-state index in [1.165, 1.54) is 334 Å². The molecule has 0 spiro atoms. The molecule has 10 aromatic rings. The minimum atomic E-state index is 1.44. The molecule has 0 amide bonds. The van der Waals surface area contributed by atoms with E-state index in [1.54, 1.807) is 0 Å². The highest BCUT2D eigenvalue weighted by Crippen LogP contribution is 2.47. The maximum Gasteiger partial charge on any atom is -0.0114 e. The van der Waals surface area contributed by atoms with Crippen LogP contribution >= 0.6 is 0 Å². The van der Waals surface area contributed by atoms with Crippen molar-refractivity contribution in [1.82, 2.24) is 0 Å². The predicted molar refractivity (Wildman–Crippen MR) is 496 cm³/mol. The largest absolute Gasteiger partial charge is 0.0447 e. The third kappa shape index (κ3) is 15.5. The average Bonchev–Trinajstić information content (AvgIpc) is 0.774. The number of benzene rings is 10. The number of hydrogen-bond acceptors (Lipinski definition) is 0. The highest BCUT2D eigenvalue weighted by Gasteiger charge is 2.27. The monoisotopic (exact) mass is 1470 g/mol. The topological polar surface area (TPSA) is 0 Å². The SMILES string of the molecule is Cc1c(C)c(C)c(-c2c(C)c(C)c(C)c(C)c2C)c(C)c1C.Cc1c(C)c(C)c(-c2c(C)c(C)c(C)c(C)c2C)c(C)c1C.Cc1c(C)c(C)c(-c2c(C)c(C)c(C)c(C)c2C)c(C)c1C.Cc1c(C)c(C)c(-c2c(C)c(C)c(C)c(C)c2C)c(C)c1C.Cc1c(C)c(C)c(-c2c(C)c(C)c(C)c(C)c2C)c(C)c1C. The van der Waals surface area contributed by atoms with Crippen molar-refractivity contribution < 1.29 is 0 Å². The van der Waals surface area contributed by atoms with Crippen LogP contribution in [0.25, 0.3) is 55.6 Å². The lowest BCUT2D eigenvalue weighted by Gasteiger charge is -2.25. The Kier molecular flexibility index (Phi) is 28.4. The maximum absolute atomic E-state index is 2.29. The van der Waals surface area contributed by atoms with Crippen molar-refractivity contribution in [1.29, 1.82) is 0 Å². The molecule has 0 saturated carbocycles. The van der Waals surface area contributed by atoms with Gasteiger partial charge in [0.25, 0.3) is 0 Å². The molecule has 0 heteroatoms. The highest BCUT2D eigenvalue weighted by atomic mass is 14.3. The standard InChI is InChI=1S/5C22H30/c5*1-11-13(3)17(7)21(18(8)14(11)4)22-19(9)15(5)12(2)16(6)20(22)10/h5*1-10H3. The number of hydrogen-bond donors (Lipinski definition) is 0. The molecular weight excluding hydrogens is 1320 g/mol. The molecular formula is C110H150. The summed E-state index contributed by atoms with van der Waals surface area (Å²) in [5.74, 6) is 0. The van der Waals surface area contributed by atoms with Gasteiger partial charge in [-0.15, -0.1) is 0 Å².